The molecule has 0 N–H and O–H groups in total. The van der Waals surface area contributed by atoms with Crippen LogP contribution in [0.5, 0.6) is 0 Å². The molecule has 34 heteroatoms. The van der Waals surface area contributed by atoms with Gasteiger partial charge in [0.2, 0.25) is 35.0 Å². The number of carbonyl (C=O) groups excluding carboxylic acids is 4. The van der Waals surface area contributed by atoms with Crippen LogP contribution in [-0.4, -0.2) is 169 Å². The highest BCUT2D eigenvalue weighted by Crippen LogP contribution is 2.52. The molecule has 4 fully saturated rings. The Morgan fingerprint density at radius 3 is 0.831 bits per heavy atom. The van der Waals surface area contributed by atoms with Crippen LogP contribution in [0.15, 0.2) is 134 Å². The Balaban J connectivity index is 0.000000108. The van der Waals surface area contributed by atoms with Gasteiger partial charge in [0, 0.05) is 170 Å². The number of alkyl halides is 4. The van der Waals surface area contributed by atoms with Crippen LogP contribution >= 0.6 is 0 Å². The smallest absolute Gasteiger partial charge is 0.265 e. The first-order valence-electron chi connectivity index (χ1n) is 45.9. The normalized spacial score (nSPS) is 18.0. The molecule has 30 nitrogen and oxygen atoms in total. The summed E-state index contributed by atoms with van der Waals surface area (Å²) in [7, 11) is 14.5. The number of carbonyl (C=O) groups is 4. The molecule has 16 heterocycles. The van der Waals surface area contributed by atoms with Crippen molar-refractivity contribution in [1.82, 2.24) is 117 Å². The predicted octanol–water partition coefficient (Wildman–Crippen LogP) is 19.2. The molecule has 4 aromatic carbocycles. The molecule has 4 amide bonds. The lowest BCUT2D eigenvalue weighted by Crippen LogP contribution is -2.39. The molecule has 0 bridgehead atoms. The number of amides is 4. The number of halogens is 4. The van der Waals surface area contributed by atoms with Gasteiger partial charge in [0.25, 0.3) is 12.9 Å². The lowest BCUT2D eigenvalue weighted by atomic mass is 9.99. The van der Waals surface area contributed by atoms with E-state index in [1.807, 2.05) is 155 Å². The van der Waals surface area contributed by atoms with E-state index in [2.05, 4.69) is 58.3 Å². The summed E-state index contributed by atoms with van der Waals surface area (Å²) in [6.07, 6.45) is 13.3. The number of likely N-dealkylation sites (N-methyl/N-ethyl adjacent to an activating group) is 4. The van der Waals surface area contributed by atoms with Crippen molar-refractivity contribution < 1.29 is 36.7 Å². The first-order valence-corrected chi connectivity index (χ1v) is 45.9. The highest BCUT2D eigenvalue weighted by molar-refractivity contribution is 6.03. The summed E-state index contributed by atoms with van der Waals surface area (Å²) in [5, 5.41) is 20.0. The highest BCUT2D eigenvalue weighted by Gasteiger charge is 2.45. The summed E-state index contributed by atoms with van der Waals surface area (Å²) in [6, 6.07) is 29.0. The molecule has 12 aromatic heterocycles. The summed E-state index contributed by atoms with van der Waals surface area (Å²) in [5.74, 6) is 5.72. The third-order valence-electron chi connectivity index (χ3n) is 28.1. The Morgan fingerprint density at radius 2 is 0.603 bits per heavy atom. The molecular formula is C102H98F4N26O4. The van der Waals surface area contributed by atoms with Crippen molar-refractivity contribution in [2.24, 2.45) is 28.2 Å². The second kappa shape index (κ2) is 33.4. The first kappa shape index (κ1) is 87.4. The zero-order chi connectivity index (χ0) is 94.9. The average molecular weight is 1830 g/mol. The van der Waals surface area contributed by atoms with E-state index in [0.29, 0.717) is 106 Å². The van der Waals surface area contributed by atoms with Gasteiger partial charge in [-0.2, -0.15) is 20.4 Å². The second-order valence-electron chi connectivity index (χ2n) is 37.3. The van der Waals surface area contributed by atoms with Crippen molar-refractivity contribution in [3.05, 3.63) is 226 Å². The number of benzene rings is 4. The number of nitrogens with zero attached hydrogens (tertiary/aromatic N) is 26. The third-order valence-corrected chi connectivity index (χ3v) is 28.1. The Labute approximate surface area is 779 Å². The lowest BCUT2D eigenvalue weighted by Gasteiger charge is -2.31. The molecule has 16 aromatic rings. The molecule has 4 saturated carbocycles. The predicted molar refractivity (Wildman–Crippen MR) is 505 cm³/mol. The number of rotatable bonds is 14. The molecule has 136 heavy (non-hydrogen) atoms. The highest BCUT2D eigenvalue weighted by atomic mass is 19.3. The summed E-state index contributed by atoms with van der Waals surface area (Å²) in [5.41, 5.74) is 20.8. The van der Waals surface area contributed by atoms with Gasteiger partial charge < -0.3 is 37.9 Å². The molecule has 4 atom stereocenters. The SMILES string of the molecule is C[C@@H]1C(=O)N(C)Cc2c(-c3cccc4nc(-c5cnn(C)c5)c(C(F)F)cc34)nc(C3CC3)n21.C[C@H]1C(=O)N(C)Cc2c(-c3cccc4nc(-c5cnn(C)c5)c(C(F)F)cc34)nc(C3CC3)n21.[C-]#[N+]c1cc2c(-c3nc(C4CC4)n4c3CN(C)C(=O)[C@@H]4C)cccc2nc1-c1cnn(C)c1C.[C-]#[N+]c1cc2c(-c3nc(C4CC4)n4c3CN(C)C(=O)[C@H]4C)cccc2nc1-c1cnn(C)c1C. The fourth-order valence-electron chi connectivity index (χ4n) is 20.1. The quantitative estimate of drug-likeness (QED) is 0.0722. The van der Waals surface area contributed by atoms with Crippen LogP contribution in [0, 0.1) is 27.0 Å². The molecule has 0 unspecified atom stereocenters. The molecule has 24 rings (SSSR count). The zero-order valence-electron chi connectivity index (χ0n) is 77.7. The van der Waals surface area contributed by atoms with Crippen molar-refractivity contribution in [2.75, 3.05) is 28.2 Å². The topological polar surface area (TPSA) is 284 Å². The third kappa shape index (κ3) is 14.9. The van der Waals surface area contributed by atoms with Gasteiger partial charge in [-0.3, -0.25) is 47.9 Å². The number of hydrogen-bond donors (Lipinski definition) is 0. The van der Waals surface area contributed by atoms with Gasteiger partial charge in [0.15, 0.2) is 0 Å². The van der Waals surface area contributed by atoms with Gasteiger partial charge in [0.1, 0.15) is 47.5 Å². The van der Waals surface area contributed by atoms with E-state index in [-0.39, 0.29) is 70.3 Å². The van der Waals surface area contributed by atoms with Crippen molar-refractivity contribution in [3.63, 3.8) is 0 Å². The second-order valence-corrected chi connectivity index (χ2v) is 37.3. The Bertz CT molecular complexity index is 7330. The van der Waals surface area contributed by atoms with Gasteiger partial charge in [0.05, 0.1) is 155 Å². The van der Waals surface area contributed by atoms with E-state index in [4.69, 9.17) is 43.0 Å². The number of pyridine rings is 4. The minimum Gasteiger partial charge on any atom is -0.338 e. The molecule has 8 aliphatic rings. The largest absolute Gasteiger partial charge is 0.338 e. The van der Waals surface area contributed by atoms with Crippen LogP contribution in [0.3, 0.4) is 0 Å². The van der Waals surface area contributed by atoms with E-state index in [0.717, 1.165) is 187 Å². The molecule has 0 radical (unpaired) electrons. The van der Waals surface area contributed by atoms with Crippen LogP contribution in [0.25, 0.3) is 143 Å². The summed E-state index contributed by atoms with van der Waals surface area (Å²) < 4.78 is 71.9. The lowest BCUT2D eigenvalue weighted by molar-refractivity contribution is -0.136. The van der Waals surface area contributed by atoms with E-state index in [1.165, 1.54) is 12.1 Å². The Morgan fingerprint density at radius 1 is 0.338 bits per heavy atom. The Hall–Kier alpha value is -15.2. The summed E-state index contributed by atoms with van der Waals surface area (Å²) >= 11 is 0. The van der Waals surface area contributed by atoms with Gasteiger partial charge >= 0.3 is 0 Å². The van der Waals surface area contributed by atoms with Crippen LogP contribution in [-0.2, 0) is 73.5 Å². The average Bonchev–Trinajstić information content (AvgIpc) is 1.58. The van der Waals surface area contributed by atoms with Crippen molar-refractivity contribution in [3.8, 4) is 90.1 Å². The summed E-state index contributed by atoms with van der Waals surface area (Å²) in [6.45, 7) is 29.3. The van der Waals surface area contributed by atoms with Crippen LogP contribution in [0.1, 0.15) is 208 Å². The van der Waals surface area contributed by atoms with E-state index in [9.17, 15) is 36.7 Å². The van der Waals surface area contributed by atoms with Crippen LogP contribution in [0.4, 0.5) is 28.9 Å². The number of imidazole rings is 4. The fraction of sp³-hybridized carbons (Fsp3) is 0.353. The summed E-state index contributed by atoms with van der Waals surface area (Å²) in [4.78, 5) is 105. The monoisotopic (exact) mass is 1830 g/mol. The zero-order valence-corrected chi connectivity index (χ0v) is 77.7. The van der Waals surface area contributed by atoms with Crippen molar-refractivity contribution in [1.29, 1.82) is 0 Å². The minimum atomic E-state index is -2.69. The number of hydrogen-bond acceptors (Lipinski definition) is 16. The first-order chi connectivity index (χ1) is 65.4. The molecule has 4 aliphatic carbocycles. The maximum Gasteiger partial charge on any atom is 0.265 e. The molecule has 0 spiro atoms. The van der Waals surface area contributed by atoms with Crippen molar-refractivity contribution in [2.45, 2.75) is 180 Å². The molecule has 0 saturated heterocycles. The van der Waals surface area contributed by atoms with Crippen LogP contribution < -0.4 is 0 Å². The van der Waals surface area contributed by atoms with Crippen LogP contribution in [0.2, 0.25) is 0 Å². The fourth-order valence-corrected chi connectivity index (χ4v) is 20.1. The number of fused-ring (bicyclic) bond motifs is 8. The maximum atomic E-state index is 14.2. The van der Waals surface area contributed by atoms with E-state index >= 15 is 0 Å². The minimum absolute atomic E-state index is 0.0547. The molecule has 4 aliphatic heterocycles. The Kier molecular flexibility index (Phi) is 21.5. The van der Waals surface area contributed by atoms with Gasteiger partial charge in [-0.1, -0.05) is 48.5 Å². The number of aromatic nitrogens is 20. The molecular weight excluding hydrogens is 1730 g/mol. The standard InChI is InChI=1S/2C26H25N7O.2C25H24F2N6O/c2*1-14-19(12-28-32(14)5)23-21(27-3)11-18-17(7-6-8-20(18)29-23)24-22-13-31(4)26(34)15(2)33(22)25(30-24)16-9-10-16;2*1-13-25(34)31(2)12-20-22(30-24(33(13)20)14-7-8-14)16-5-4-6-19-17(16)9-18(23(26)27)21(29-19)15-10-28-32(3)11-15/h2*6-8,11-12,15-16H,9-10,13H2,1-2,4-5H3;2*4-6,9-11,13-14,23H,7-8,12H2,1-3H3/t2*15-;2*13-/m1010/s1. The van der Waals surface area contributed by atoms with Gasteiger partial charge in [-0.05, 0) is 152 Å². The van der Waals surface area contributed by atoms with E-state index in [1.54, 1.807) is 104 Å². The van der Waals surface area contributed by atoms with Gasteiger partial charge in [-0.25, -0.2) is 57.2 Å². The number of aryl methyl sites for hydroxylation is 4. The van der Waals surface area contributed by atoms with Gasteiger partial charge in [-0.15, -0.1) is 0 Å². The van der Waals surface area contributed by atoms with Crippen molar-refractivity contribution >= 4 is 78.6 Å². The maximum absolute atomic E-state index is 14.2. The van der Waals surface area contributed by atoms with E-state index < -0.39 is 12.9 Å². The molecule has 688 valence electrons.